The van der Waals surface area contributed by atoms with Crippen molar-refractivity contribution in [2.75, 3.05) is 6.67 Å². The number of hydrogen-bond donors (Lipinski definition) is 1. The third kappa shape index (κ3) is 1.78. The molecule has 1 nitrogen and oxygen atoms in total. The lowest BCUT2D eigenvalue weighted by Gasteiger charge is -2.00. The monoisotopic (exact) mass is 223 g/mol. The van der Waals surface area contributed by atoms with E-state index in [0.717, 1.165) is 9.35 Å². The topological polar surface area (TPSA) is 26.0 Å². The predicted octanol–water partition coefficient (Wildman–Crippen LogP) is 2.48. The lowest BCUT2D eigenvalue weighted by molar-refractivity contribution is 0.440. The fraction of sp³-hybridized carbons (Fsp3) is 0.333. The first kappa shape index (κ1) is 8.17. The fourth-order valence-corrected chi connectivity index (χ4v) is 2.03. The van der Waals surface area contributed by atoms with E-state index in [2.05, 4.69) is 15.9 Å². The van der Waals surface area contributed by atoms with Crippen LogP contribution in [0.1, 0.15) is 10.9 Å². The summed E-state index contributed by atoms with van der Waals surface area (Å²) in [5.74, 6) is 0. The smallest absolute Gasteiger partial charge is 0.109 e. The van der Waals surface area contributed by atoms with Gasteiger partial charge in [-0.05, 0) is 22.0 Å². The third-order valence-corrected chi connectivity index (χ3v) is 2.94. The largest absolute Gasteiger partial charge is 0.321 e. The Morgan fingerprint density at radius 2 is 2.50 bits per heavy atom. The van der Waals surface area contributed by atoms with Crippen LogP contribution in [-0.2, 0) is 0 Å². The van der Waals surface area contributed by atoms with Gasteiger partial charge in [0.15, 0.2) is 0 Å². The Morgan fingerprint density at radius 1 is 1.80 bits per heavy atom. The average Bonchev–Trinajstić information content (AvgIpc) is 2.34. The maximum Gasteiger partial charge on any atom is 0.109 e. The van der Waals surface area contributed by atoms with E-state index >= 15 is 0 Å². The van der Waals surface area contributed by atoms with Crippen LogP contribution in [0.3, 0.4) is 0 Å². The third-order valence-electron chi connectivity index (χ3n) is 1.12. The van der Waals surface area contributed by atoms with Crippen LogP contribution in [0, 0.1) is 0 Å². The zero-order valence-electron chi connectivity index (χ0n) is 5.18. The van der Waals surface area contributed by atoms with Crippen molar-refractivity contribution in [1.29, 1.82) is 0 Å². The van der Waals surface area contributed by atoms with Crippen LogP contribution in [0.25, 0.3) is 0 Å². The predicted molar refractivity (Wildman–Crippen MR) is 44.9 cm³/mol. The highest BCUT2D eigenvalue weighted by Gasteiger charge is 2.06. The summed E-state index contributed by atoms with van der Waals surface area (Å²) >= 11 is 4.73. The zero-order valence-corrected chi connectivity index (χ0v) is 7.58. The van der Waals surface area contributed by atoms with Crippen LogP contribution in [0.2, 0.25) is 0 Å². The van der Waals surface area contributed by atoms with E-state index in [0.29, 0.717) is 0 Å². The summed E-state index contributed by atoms with van der Waals surface area (Å²) in [5, 5.41) is 1.89. The molecule has 0 spiro atoms. The van der Waals surface area contributed by atoms with E-state index in [1.165, 1.54) is 11.3 Å². The van der Waals surface area contributed by atoms with E-state index in [1.807, 2.05) is 11.4 Å². The Morgan fingerprint density at radius 3 is 2.90 bits per heavy atom. The molecule has 0 fully saturated rings. The number of alkyl halides is 1. The molecule has 0 saturated heterocycles. The van der Waals surface area contributed by atoms with Gasteiger partial charge >= 0.3 is 0 Å². The first-order valence-corrected chi connectivity index (χ1v) is 4.47. The van der Waals surface area contributed by atoms with Gasteiger partial charge in [0.1, 0.15) is 6.67 Å². The van der Waals surface area contributed by atoms with Gasteiger partial charge in [-0.15, -0.1) is 11.3 Å². The van der Waals surface area contributed by atoms with Crippen LogP contribution in [0.4, 0.5) is 4.39 Å². The first-order chi connectivity index (χ1) is 4.74. The van der Waals surface area contributed by atoms with Gasteiger partial charge in [0.2, 0.25) is 0 Å². The van der Waals surface area contributed by atoms with Gasteiger partial charge < -0.3 is 5.73 Å². The molecule has 1 aromatic heterocycles. The van der Waals surface area contributed by atoms with Crippen molar-refractivity contribution in [3.8, 4) is 0 Å². The van der Waals surface area contributed by atoms with Gasteiger partial charge in [-0.1, -0.05) is 0 Å². The molecule has 2 N–H and O–H groups in total. The molecule has 1 unspecified atom stereocenters. The number of rotatable bonds is 2. The first-order valence-electron chi connectivity index (χ1n) is 2.79. The number of thiophene rings is 1. The number of nitrogens with two attached hydrogens (primary N) is 1. The molecule has 1 aromatic rings. The van der Waals surface area contributed by atoms with Crippen molar-refractivity contribution in [1.82, 2.24) is 0 Å². The minimum absolute atomic E-state index is 0.448. The summed E-state index contributed by atoms with van der Waals surface area (Å²) in [6.45, 7) is -0.493. The second kappa shape index (κ2) is 3.46. The van der Waals surface area contributed by atoms with E-state index in [1.54, 1.807) is 0 Å². The Kier molecular flexibility index (Phi) is 2.82. The van der Waals surface area contributed by atoms with E-state index in [9.17, 15) is 4.39 Å². The molecule has 0 amide bonds. The molecule has 4 heteroatoms. The van der Waals surface area contributed by atoms with E-state index in [-0.39, 0.29) is 0 Å². The van der Waals surface area contributed by atoms with Gasteiger partial charge in [0.25, 0.3) is 0 Å². The van der Waals surface area contributed by atoms with E-state index < -0.39 is 12.7 Å². The van der Waals surface area contributed by atoms with Crippen LogP contribution < -0.4 is 5.73 Å². The van der Waals surface area contributed by atoms with Crippen molar-refractivity contribution in [2.45, 2.75) is 6.04 Å². The Labute approximate surface area is 71.2 Å². The molecule has 0 saturated carbocycles. The Balaban J connectivity index is 2.74. The summed E-state index contributed by atoms with van der Waals surface area (Å²) < 4.78 is 12.9. The molecule has 56 valence electrons. The SMILES string of the molecule is NC(CF)c1cc(Br)cs1. The van der Waals surface area contributed by atoms with Crippen molar-refractivity contribution in [3.63, 3.8) is 0 Å². The van der Waals surface area contributed by atoms with Gasteiger partial charge in [0, 0.05) is 14.7 Å². The highest BCUT2D eigenvalue weighted by molar-refractivity contribution is 9.10. The summed E-state index contributed by atoms with van der Waals surface area (Å²) in [5.41, 5.74) is 5.42. The normalized spacial score (nSPS) is 13.5. The molecule has 1 atom stereocenters. The molecule has 0 aromatic carbocycles. The lowest BCUT2D eigenvalue weighted by Crippen LogP contribution is -2.09. The molecule has 0 aliphatic heterocycles. The second-order valence-electron chi connectivity index (χ2n) is 1.93. The summed E-state index contributed by atoms with van der Waals surface area (Å²) in [4.78, 5) is 0.884. The summed E-state index contributed by atoms with van der Waals surface area (Å²) in [7, 11) is 0. The van der Waals surface area contributed by atoms with E-state index in [4.69, 9.17) is 5.73 Å². The van der Waals surface area contributed by atoms with Crippen LogP contribution in [0.15, 0.2) is 15.9 Å². The fourth-order valence-electron chi connectivity index (χ4n) is 0.599. The average molecular weight is 224 g/mol. The Bertz CT molecular complexity index is 213. The molecule has 0 aliphatic rings. The maximum absolute atomic E-state index is 11.9. The van der Waals surface area contributed by atoms with Gasteiger partial charge in [-0.25, -0.2) is 4.39 Å². The molecule has 0 bridgehead atoms. The van der Waals surface area contributed by atoms with Crippen LogP contribution in [-0.4, -0.2) is 6.67 Å². The molecule has 0 aliphatic carbocycles. The summed E-state index contributed by atoms with van der Waals surface area (Å²) in [6.07, 6.45) is 0. The zero-order chi connectivity index (χ0) is 7.56. The molecule has 1 heterocycles. The minimum atomic E-state index is -0.493. The van der Waals surface area contributed by atoms with Crippen molar-refractivity contribution in [3.05, 3.63) is 20.8 Å². The van der Waals surface area contributed by atoms with Crippen molar-refractivity contribution in [2.24, 2.45) is 5.73 Å². The number of halogens is 2. The Hall–Kier alpha value is 0.0700. The molecule has 0 radical (unpaired) electrons. The van der Waals surface area contributed by atoms with Crippen LogP contribution in [0.5, 0.6) is 0 Å². The van der Waals surface area contributed by atoms with Gasteiger partial charge in [0.05, 0.1) is 6.04 Å². The number of hydrogen-bond acceptors (Lipinski definition) is 2. The molecule has 10 heavy (non-hydrogen) atoms. The maximum atomic E-state index is 11.9. The molecule has 1 rings (SSSR count). The standard InChI is InChI=1S/C6H7BrFNS/c7-4-1-6(10-3-4)5(9)2-8/h1,3,5H,2,9H2. The van der Waals surface area contributed by atoms with Gasteiger partial charge in [-0.2, -0.15) is 0 Å². The van der Waals surface area contributed by atoms with Crippen molar-refractivity contribution < 1.29 is 4.39 Å². The quantitative estimate of drug-likeness (QED) is 0.820. The highest BCUT2D eigenvalue weighted by Crippen LogP contribution is 2.24. The van der Waals surface area contributed by atoms with Gasteiger partial charge in [-0.3, -0.25) is 0 Å². The minimum Gasteiger partial charge on any atom is -0.321 e. The highest BCUT2D eigenvalue weighted by atomic mass is 79.9. The van der Waals surface area contributed by atoms with Crippen molar-refractivity contribution >= 4 is 27.3 Å². The summed E-state index contributed by atoms with van der Waals surface area (Å²) in [6, 6.07) is 1.39. The second-order valence-corrected chi connectivity index (χ2v) is 3.79. The molecular formula is C6H7BrFNS. The van der Waals surface area contributed by atoms with Crippen LogP contribution >= 0.6 is 27.3 Å². The molecular weight excluding hydrogens is 217 g/mol. The lowest BCUT2D eigenvalue weighted by atomic mass is 10.3.